The van der Waals surface area contributed by atoms with Crippen LogP contribution in [0.5, 0.6) is 0 Å². The zero-order chi connectivity index (χ0) is 14.5. The number of rotatable bonds is 5. The maximum Gasteiger partial charge on any atom is 0.182 e. The largest absolute Gasteiger partial charge is 0.379 e. The van der Waals surface area contributed by atoms with Crippen LogP contribution in [-0.2, 0) is 11.3 Å². The Kier molecular flexibility index (Phi) is 5.46. The second-order valence-corrected chi connectivity index (χ2v) is 6.79. The zero-order valence-corrected chi connectivity index (χ0v) is 13.7. The van der Waals surface area contributed by atoms with Crippen molar-refractivity contribution in [3.8, 4) is 0 Å². The summed E-state index contributed by atoms with van der Waals surface area (Å²) < 4.78 is 5.46. The molecule has 1 N–H and O–H groups in total. The van der Waals surface area contributed by atoms with Crippen molar-refractivity contribution >= 4 is 16.5 Å². The number of likely N-dealkylation sites (tertiary alicyclic amines) is 1. The number of piperidine rings is 1. The molecule has 2 saturated heterocycles. The Morgan fingerprint density at radius 3 is 2.95 bits per heavy atom. The van der Waals surface area contributed by atoms with E-state index in [1.807, 2.05) is 7.05 Å². The second-order valence-electron chi connectivity index (χ2n) is 5.93. The van der Waals surface area contributed by atoms with Gasteiger partial charge in [0.05, 0.1) is 18.9 Å². The molecule has 0 spiro atoms. The molecule has 1 aromatic rings. The van der Waals surface area contributed by atoms with Crippen LogP contribution in [0.25, 0.3) is 0 Å². The molecule has 2 fully saturated rings. The number of ether oxygens (including phenoxy) is 1. The lowest BCUT2D eigenvalue weighted by Crippen LogP contribution is -2.49. The molecule has 6 heteroatoms. The van der Waals surface area contributed by atoms with Gasteiger partial charge in [0.1, 0.15) is 0 Å². The molecule has 1 atom stereocenters. The van der Waals surface area contributed by atoms with Crippen LogP contribution in [0, 0.1) is 0 Å². The standard InChI is InChI=1S/C15H26N4OS/c1-16-15-17-13(12-21-15)10-19-5-3-2-4-14(19)11-18-6-8-20-9-7-18/h12,14H,2-11H2,1H3,(H,16,17)/t14-/m0/s1. The molecule has 0 aromatic carbocycles. The maximum atomic E-state index is 5.46. The first-order valence-electron chi connectivity index (χ1n) is 8.01. The Morgan fingerprint density at radius 2 is 2.19 bits per heavy atom. The van der Waals surface area contributed by atoms with Gasteiger partial charge in [-0.15, -0.1) is 11.3 Å². The fourth-order valence-electron chi connectivity index (χ4n) is 3.26. The number of thiazole rings is 1. The van der Waals surface area contributed by atoms with Gasteiger partial charge >= 0.3 is 0 Å². The molecule has 3 rings (SSSR count). The highest BCUT2D eigenvalue weighted by Gasteiger charge is 2.25. The number of hydrogen-bond acceptors (Lipinski definition) is 6. The lowest BCUT2D eigenvalue weighted by Gasteiger charge is -2.39. The average molecular weight is 310 g/mol. The average Bonchev–Trinajstić information content (AvgIpc) is 2.98. The van der Waals surface area contributed by atoms with Gasteiger partial charge in [0.2, 0.25) is 0 Å². The lowest BCUT2D eigenvalue weighted by atomic mass is 10.0. The van der Waals surface area contributed by atoms with Crippen LogP contribution >= 0.6 is 11.3 Å². The normalized spacial score (nSPS) is 25.1. The molecule has 118 valence electrons. The van der Waals surface area contributed by atoms with Crippen molar-refractivity contribution in [3.63, 3.8) is 0 Å². The van der Waals surface area contributed by atoms with E-state index in [2.05, 4.69) is 25.5 Å². The quantitative estimate of drug-likeness (QED) is 0.899. The topological polar surface area (TPSA) is 40.6 Å². The van der Waals surface area contributed by atoms with Crippen LogP contribution in [0.1, 0.15) is 25.0 Å². The summed E-state index contributed by atoms with van der Waals surface area (Å²) in [6.07, 6.45) is 4.01. The molecule has 1 aromatic heterocycles. The van der Waals surface area contributed by atoms with E-state index in [-0.39, 0.29) is 0 Å². The van der Waals surface area contributed by atoms with Crippen LogP contribution < -0.4 is 5.32 Å². The third kappa shape index (κ3) is 4.16. The highest BCUT2D eigenvalue weighted by atomic mass is 32.1. The van der Waals surface area contributed by atoms with E-state index in [4.69, 9.17) is 4.74 Å². The number of nitrogens with one attached hydrogen (secondary N) is 1. The van der Waals surface area contributed by atoms with Gasteiger partial charge in [-0.3, -0.25) is 9.80 Å². The van der Waals surface area contributed by atoms with Crippen molar-refractivity contribution in [1.29, 1.82) is 0 Å². The second kappa shape index (κ2) is 7.54. The van der Waals surface area contributed by atoms with Crippen molar-refractivity contribution < 1.29 is 4.74 Å². The summed E-state index contributed by atoms with van der Waals surface area (Å²) in [5.41, 5.74) is 1.21. The molecule has 3 heterocycles. The molecule has 0 unspecified atom stereocenters. The van der Waals surface area contributed by atoms with Crippen LogP contribution in [0.3, 0.4) is 0 Å². The minimum atomic E-state index is 0.677. The third-order valence-corrected chi connectivity index (χ3v) is 5.36. The summed E-state index contributed by atoms with van der Waals surface area (Å²) in [5, 5.41) is 6.34. The van der Waals surface area contributed by atoms with E-state index in [0.29, 0.717) is 6.04 Å². The van der Waals surface area contributed by atoms with Gasteiger partial charge in [-0.2, -0.15) is 0 Å². The minimum Gasteiger partial charge on any atom is -0.379 e. The van der Waals surface area contributed by atoms with E-state index >= 15 is 0 Å². The maximum absolute atomic E-state index is 5.46. The first-order valence-corrected chi connectivity index (χ1v) is 8.89. The molecule has 0 bridgehead atoms. The van der Waals surface area contributed by atoms with Gasteiger partial charge in [0.15, 0.2) is 5.13 Å². The van der Waals surface area contributed by atoms with Gasteiger partial charge in [0, 0.05) is 44.6 Å². The summed E-state index contributed by atoms with van der Waals surface area (Å²) >= 11 is 1.70. The number of nitrogens with zero attached hydrogens (tertiary/aromatic N) is 3. The number of hydrogen-bond donors (Lipinski definition) is 1. The molecule has 0 aliphatic carbocycles. The van der Waals surface area contributed by atoms with Crippen molar-refractivity contribution in [2.75, 3.05) is 51.8 Å². The molecule has 0 saturated carbocycles. The first-order chi connectivity index (χ1) is 10.3. The SMILES string of the molecule is CNc1nc(CN2CCCC[C@H]2CN2CCOCC2)cs1. The third-order valence-electron chi connectivity index (χ3n) is 4.45. The summed E-state index contributed by atoms with van der Waals surface area (Å²) in [7, 11) is 1.94. The van der Waals surface area contributed by atoms with Gasteiger partial charge in [-0.05, 0) is 19.4 Å². The molecule has 2 aliphatic heterocycles. The molecule has 21 heavy (non-hydrogen) atoms. The lowest BCUT2D eigenvalue weighted by molar-refractivity contribution is 0.0151. The van der Waals surface area contributed by atoms with Crippen molar-refractivity contribution in [2.24, 2.45) is 0 Å². The molecule has 5 nitrogen and oxygen atoms in total. The first kappa shape index (κ1) is 15.2. The molecular weight excluding hydrogens is 284 g/mol. The Morgan fingerprint density at radius 1 is 1.33 bits per heavy atom. The minimum absolute atomic E-state index is 0.677. The van der Waals surface area contributed by atoms with E-state index < -0.39 is 0 Å². The van der Waals surface area contributed by atoms with Gasteiger partial charge in [-0.1, -0.05) is 6.42 Å². The predicted octanol–water partition coefficient (Wildman–Crippen LogP) is 1.87. The summed E-state index contributed by atoms with van der Waals surface area (Å²) in [5.74, 6) is 0. The van der Waals surface area contributed by atoms with Crippen LogP contribution in [0.2, 0.25) is 0 Å². The monoisotopic (exact) mass is 310 g/mol. The Bertz CT molecular complexity index is 433. The van der Waals surface area contributed by atoms with E-state index in [0.717, 1.165) is 38.0 Å². The molecule has 0 radical (unpaired) electrons. The van der Waals surface area contributed by atoms with Gasteiger partial charge in [-0.25, -0.2) is 4.98 Å². The van der Waals surface area contributed by atoms with Crippen molar-refractivity contribution in [3.05, 3.63) is 11.1 Å². The van der Waals surface area contributed by atoms with E-state index in [1.54, 1.807) is 11.3 Å². The fraction of sp³-hybridized carbons (Fsp3) is 0.800. The fourth-order valence-corrected chi connectivity index (χ4v) is 3.92. The zero-order valence-electron chi connectivity index (χ0n) is 12.9. The highest BCUT2D eigenvalue weighted by Crippen LogP contribution is 2.22. The van der Waals surface area contributed by atoms with Crippen LogP contribution in [-0.4, -0.2) is 67.3 Å². The van der Waals surface area contributed by atoms with Crippen molar-refractivity contribution in [2.45, 2.75) is 31.8 Å². The van der Waals surface area contributed by atoms with Gasteiger partial charge < -0.3 is 10.1 Å². The van der Waals surface area contributed by atoms with Crippen LogP contribution in [0.4, 0.5) is 5.13 Å². The Balaban J connectivity index is 1.57. The van der Waals surface area contributed by atoms with Gasteiger partial charge in [0.25, 0.3) is 0 Å². The molecular formula is C15H26N4OS. The van der Waals surface area contributed by atoms with Crippen LogP contribution in [0.15, 0.2) is 5.38 Å². The highest BCUT2D eigenvalue weighted by molar-refractivity contribution is 7.13. The van der Waals surface area contributed by atoms with Crippen molar-refractivity contribution in [1.82, 2.24) is 14.8 Å². The number of morpholine rings is 1. The molecule has 2 aliphatic rings. The Labute approximate surface area is 131 Å². The smallest absolute Gasteiger partial charge is 0.182 e. The number of aromatic nitrogens is 1. The summed E-state index contributed by atoms with van der Waals surface area (Å²) in [4.78, 5) is 9.83. The Hall–Kier alpha value is -0.690. The molecule has 0 amide bonds. The predicted molar refractivity (Wildman–Crippen MR) is 87.0 cm³/mol. The van der Waals surface area contributed by atoms with E-state index in [1.165, 1.54) is 38.0 Å². The number of anilines is 1. The van der Waals surface area contributed by atoms with E-state index in [9.17, 15) is 0 Å². The summed E-state index contributed by atoms with van der Waals surface area (Å²) in [6.45, 7) is 7.35. The summed E-state index contributed by atoms with van der Waals surface area (Å²) in [6, 6.07) is 0.677.